The number of alkyl halides is 3. The number of aromatic nitrogens is 1. The van der Waals surface area contributed by atoms with Gasteiger partial charge in [-0.3, -0.25) is 19.4 Å². The molecule has 7 nitrogen and oxygen atoms in total. The smallest absolute Gasteiger partial charge is 0.341 e. The standard InChI is InChI=1S/C36H31F3N4O3/c1-3-43(4-2)35(46)32(24-10-6-5-7-11-24)42-33(44)26-20-25-16-19-28(21-31(25)40-22-26)41-34(45)30-13-9-8-12-29(30)23-14-17-27(18-15-23)36(37,38)39/h5-22,32H,3-4H2,1-2H3,(H,41,45)(H,42,44)/t32-/m0/s1. The van der Waals surface area contributed by atoms with E-state index in [4.69, 9.17) is 0 Å². The fourth-order valence-electron chi connectivity index (χ4n) is 5.16. The fraction of sp³-hybridized carbons (Fsp3) is 0.167. The topological polar surface area (TPSA) is 91.4 Å². The maximum atomic E-state index is 13.3. The van der Waals surface area contributed by atoms with Crippen molar-refractivity contribution >= 4 is 34.3 Å². The molecule has 234 valence electrons. The Kier molecular flexibility index (Phi) is 9.46. The van der Waals surface area contributed by atoms with Gasteiger partial charge < -0.3 is 15.5 Å². The second-order valence-electron chi connectivity index (χ2n) is 10.5. The summed E-state index contributed by atoms with van der Waals surface area (Å²) >= 11 is 0. The van der Waals surface area contributed by atoms with Crippen LogP contribution in [0.25, 0.3) is 22.0 Å². The van der Waals surface area contributed by atoms with Gasteiger partial charge in [-0.1, -0.05) is 66.7 Å². The molecule has 0 aliphatic carbocycles. The highest BCUT2D eigenvalue weighted by atomic mass is 19.4. The Balaban J connectivity index is 1.34. The Hall–Kier alpha value is -5.51. The van der Waals surface area contributed by atoms with E-state index >= 15 is 0 Å². The molecule has 0 spiro atoms. The first kappa shape index (κ1) is 31.9. The number of pyridine rings is 1. The number of nitrogens with zero attached hydrogens (tertiary/aromatic N) is 2. The lowest BCUT2D eigenvalue weighted by Gasteiger charge is -2.26. The summed E-state index contributed by atoms with van der Waals surface area (Å²) in [7, 11) is 0. The monoisotopic (exact) mass is 624 g/mol. The molecule has 0 saturated carbocycles. The summed E-state index contributed by atoms with van der Waals surface area (Å²) < 4.78 is 39.1. The highest BCUT2D eigenvalue weighted by Crippen LogP contribution is 2.32. The van der Waals surface area contributed by atoms with Gasteiger partial charge in [0.05, 0.1) is 16.6 Å². The van der Waals surface area contributed by atoms with E-state index in [0.29, 0.717) is 46.4 Å². The summed E-state index contributed by atoms with van der Waals surface area (Å²) in [6.07, 6.45) is -3.05. The molecule has 3 amide bonds. The number of rotatable bonds is 9. The van der Waals surface area contributed by atoms with Crippen LogP contribution in [0.15, 0.2) is 109 Å². The number of amides is 3. The number of hydrogen-bond acceptors (Lipinski definition) is 4. The number of benzene rings is 4. The molecule has 1 heterocycles. The predicted octanol–water partition coefficient (Wildman–Crippen LogP) is 7.51. The van der Waals surface area contributed by atoms with Crippen LogP contribution in [0.3, 0.4) is 0 Å². The van der Waals surface area contributed by atoms with Crippen LogP contribution in [-0.4, -0.2) is 40.7 Å². The van der Waals surface area contributed by atoms with Gasteiger partial charge in [-0.05, 0) is 66.9 Å². The first-order valence-electron chi connectivity index (χ1n) is 14.7. The third-order valence-electron chi connectivity index (χ3n) is 7.63. The Morgan fingerprint density at radius 1 is 0.804 bits per heavy atom. The molecule has 1 aromatic heterocycles. The highest BCUT2D eigenvalue weighted by Gasteiger charge is 2.30. The second-order valence-corrected chi connectivity index (χ2v) is 10.5. The van der Waals surface area contributed by atoms with E-state index in [1.807, 2.05) is 32.0 Å². The molecule has 2 N–H and O–H groups in total. The number of carbonyl (C=O) groups is 3. The van der Waals surface area contributed by atoms with Gasteiger partial charge >= 0.3 is 6.18 Å². The van der Waals surface area contributed by atoms with Crippen LogP contribution in [0, 0.1) is 0 Å². The van der Waals surface area contributed by atoms with Gasteiger partial charge in [0.2, 0.25) is 5.91 Å². The van der Waals surface area contributed by atoms with Crippen molar-refractivity contribution in [3.8, 4) is 11.1 Å². The third-order valence-corrected chi connectivity index (χ3v) is 7.63. The maximum Gasteiger partial charge on any atom is 0.416 e. The number of anilines is 1. The third kappa shape index (κ3) is 7.07. The lowest BCUT2D eigenvalue weighted by atomic mass is 9.98. The van der Waals surface area contributed by atoms with Crippen LogP contribution in [0.4, 0.5) is 18.9 Å². The number of nitrogens with one attached hydrogen (secondary N) is 2. The number of fused-ring (bicyclic) bond motifs is 1. The Labute approximate surface area is 264 Å². The summed E-state index contributed by atoms with van der Waals surface area (Å²) in [5.41, 5.74) is 2.36. The van der Waals surface area contributed by atoms with Gasteiger partial charge in [-0.25, -0.2) is 0 Å². The predicted molar refractivity (Wildman–Crippen MR) is 171 cm³/mol. The molecule has 0 saturated heterocycles. The van der Waals surface area contributed by atoms with Crippen molar-refractivity contribution in [2.45, 2.75) is 26.1 Å². The minimum absolute atomic E-state index is 0.210. The molecule has 5 rings (SSSR count). The Morgan fingerprint density at radius 3 is 2.15 bits per heavy atom. The summed E-state index contributed by atoms with van der Waals surface area (Å²) in [6.45, 7) is 4.78. The SMILES string of the molecule is CCN(CC)C(=O)[C@@H](NC(=O)c1cnc2cc(NC(=O)c3ccccc3-c3ccc(C(F)(F)F)cc3)ccc2c1)c1ccccc1. The van der Waals surface area contributed by atoms with Crippen molar-refractivity contribution in [2.24, 2.45) is 0 Å². The zero-order valence-corrected chi connectivity index (χ0v) is 25.1. The van der Waals surface area contributed by atoms with Crippen molar-refractivity contribution in [3.05, 3.63) is 132 Å². The molecule has 4 aromatic carbocycles. The van der Waals surface area contributed by atoms with Gasteiger partial charge in [0.1, 0.15) is 6.04 Å². The van der Waals surface area contributed by atoms with Crippen molar-refractivity contribution in [1.82, 2.24) is 15.2 Å². The lowest BCUT2D eigenvalue weighted by Crippen LogP contribution is -2.42. The molecular formula is C36H31F3N4O3. The molecule has 10 heteroatoms. The van der Waals surface area contributed by atoms with Gasteiger partial charge in [-0.2, -0.15) is 13.2 Å². The molecule has 0 fully saturated rings. The molecular weight excluding hydrogens is 593 g/mol. The Bertz CT molecular complexity index is 1870. The maximum absolute atomic E-state index is 13.3. The number of likely N-dealkylation sites (N-methyl/N-ethyl adjacent to an activating group) is 1. The van der Waals surface area contributed by atoms with Gasteiger partial charge in [-0.15, -0.1) is 0 Å². The van der Waals surface area contributed by atoms with Crippen molar-refractivity contribution < 1.29 is 27.6 Å². The van der Waals surface area contributed by atoms with Crippen LogP contribution in [-0.2, 0) is 11.0 Å². The molecule has 0 radical (unpaired) electrons. The highest BCUT2D eigenvalue weighted by molar-refractivity contribution is 6.09. The molecule has 1 atom stereocenters. The van der Waals surface area contributed by atoms with Gasteiger partial charge in [0.25, 0.3) is 11.8 Å². The van der Waals surface area contributed by atoms with Crippen molar-refractivity contribution in [2.75, 3.05) is 18.4 Å². The van der Waals surface area contributed by atoms with E-state index in [2.05, 4.69) is 15.6 Å². The minimum atomic E-state index is -4.46. The minimum Gasteiger partial charge on any atom is -0.341 e. The second kappa shape index (κ2) is 13.6. The van der Waals surface area contributed by atoms with Crippen LogP contribution in [0.5, 0.6) is 0 Å². The molecule has 0 aliphatic rings. The van der Waals surface area contributed by atoms with Crippen LogP contribution < -0.4 is 10.6 Å². The fourth-order valence-corrected chi connectivity index (χ4v) is 5.16. The van der Waals surface area contributed by atoms with Crippen LogP contribution in [0.1, 0.15) is 51.7 Å². The van der Waals surface area contributed by atoms with E-state index in [-0.39, 0.29) is 17.0 Å². The summed E-state index contributed by atoms with van der Waals surface area (Å²) in [4.78, 5) is 46.0. The average Bonchev–Trinajstić information content (AvgIpc) is 3.07. The number of halogens is 3. The van der Waals surface area contributed by atoms with Crippen LogP contribution >= 0.6 is 0 Å². The summed E-state index contributed by atoms with van der Waals surface area (Å²) in [5, 5.41) is 6.34. The lowest BCUT2D eigenvalue weighted by molar-refractivity contribution is -0.137. The zero-order valence-electron chi connectivity index (χ0n) is 25.1. The van der Waals surface area contributed by atoms with Crippen molar-refractivity contribution in [1.29, 1.82) is 0 Å². The Morgan fingerprint density at radius 2 is 1.48 bits per heavy atom. The largest absolute Gasteiger partial charge is 0.416 e. The first-order chi connectivity index (χ1) is 22.1. The van der Waals surface area contributed by atoms with E-state index in [9.17, 15) is 27.6 Å². The molecule has 5 aromatic rings. The summed E-state index contributed by atoms with van der Waals surface area (Å²) in [5.74, 6) is -1.12. The molecule has 0 unspecified atom stereocenters. The molecule has 46 heavy (non-hydrogen) atoms. The average molecular weight is 625 g/mol. The van der Waals surface area contributed by atoms with E-state index in [0.717, 1.165) is 12.1 Å². The number of carbonyl (C=O) groups excluding carboxylic acids is 3. The van der Waals surface area contributed by atoms with Crippen LogP contribution in [0.2, 0.25) is 0 Å². The van der Waals surface area contributed by atoms with Gasteiger partial charge in [0, 0.05) is 35.9 Å². The first-order valence-corrected chi connectivity index (χ1v) is 14.7. The van der Waals surface area contributed by atoms with E-state index < -0.39 is 29.6 Å². The molecule has 0 aliphatic heterocycles. The van der Waals surface area contributed by atoms with Gasteiger partial charge in [0.15, 0.2) is 0 Å². The number of hydrogen-bond donors (Lipinski definition) is 2. The zero-order chi connectivity index (χ0) is 32.8. The quantitative estimate of drug-likeness (QED) is 0.178. The van der Waals surface area contributed by atoms with E-state index in [1.165, 1.54) is 18.3 Å². The molecule has 0 bridgehead atoms. The van der Waals surface area contributed by atoms with Crippen molar-refractivity contribution in [3.63, 3.8) is 0 Å². The summed E-state index contributed by atoms with van der Waals surface area (Å²) in [6, 6.07) is 26.2. The van der Waals surface area contributed by atoms with E-state index in [1.54, 1.807) is 65.6 Å². The normalized spacial score (nSPS) is 11.9.